The highest BCUT2D eigenvalue weighted by atomic mass is 32.1. The highest BCUT2D eigenvalue weighted by Gasteiger charge is 2.26. The van der Waals surface area contributed by atoms with Crippen molar-refractivity contribution in [1.29, 1.82) is 0 Å². The Bertz CT molecular complexity index is 1950. The van der Waals surface area contributed by atoms with E-state index in [1.165, 1.54) is 23.7 Å². The van der Waals surface area contributed by atoms with Crippen molar-refractivity contribution in [2.24, 2.45) is 0 Å². The van der Waals surface area contributed by atoms with E-state index in [0.717, 1.165) is 21.7 Å². The summed E-state index contributed by atoms with van der Waals surface area (Å²) in [7, 11) is 4.88. The third-order valence-electron chi connectivity index (χ3n) is 6.77. The summed E-state index contributed by atoms with van der Waals surface area (Å²) >= 11 is 1.51. The quantitative estimate of drug-likeness (QED) is 0.243. The zero-order valence-corrected chi connectivity index (χ0v) is 24.7. The number of anilines is 1. The zero-order valence-electron chi connectivity index (χ0n) is 21.6. The number of halogens is 1. The van der Waals surface area contributed by atoms with Gasteiger partial charge in [0.2, 0.25) is 0 Å². The van der Waals surface area contributed by atoms with E-state index < -0.39 is 11.9 Å². The number of thiazole rings is 1. The minimum atomic E-state index is -0.531. The molecule has 2 aromatic carbocycles. The van der Waals surface area contributed by atoms with Gasteiger partial charge in [0, 0.05) is 16.6 Å². The van der Waals surface area contributed by atoms with Gasteiger partial charge in [0.1, 0.15) is 28.3 Å². The monoisotopic (exact) mass is 590 g/mol. The summed E-state index contributed by atoms with van der Waals surface area (Å²) in [6.45, 7) is 3.88. The molecule has 0 amide bonds. The number of benzene rings is 2. The fourth-order valence-corrected chi connectivity index (χ4v) is 6.16. The van der Waals surface area contributed by atoms with Gasteiger partial charge in [0.25, 0.3) is 5.56 Å². The van der Waals surface area contributed by atoms with Crippen LogP contribution < -0.4 is 16.0 Å². The van der Waals surface area contributed by atoms with Crippen molar-refractivity contribution in [3.05, 3.63) is 93.7 Å². The first-order valence-electron chi connectivity index (χ1n) is 12.4. The van der Waals surface area contributed by atoms with Crippen molar-refractivity contribution in [3.8, 4) is 28.1 Å². The number of aromatic nitrogens is 5. The molecule has 40 heavy (non-hydrogen) atoms. The van der Waals surface area contributed by atoms with E-state index in [4.69, 9.17) is 15.6 Å². The number of hydrogen-bond donors (Lipinski definition) is 1. The second-order valence-corrected chi connectivity index (χ2v) is 12.3. The number of nitrogen functional groups attached to an aromatic ring is 1. The predicted molar refractivity (Wildman–Crippen MR) is 164 cm³/mol. The van der Waals surface area contributed by atoms with Crippen molar-refractivity contribution in [1.82, 2.24) is 24.1 Å². The minimum absolute atomic E-state index is 0.103. The van der Waals surface area contributed by atoms with Crippen LogP contribution in [0.4, 0.5) is 10.2 Å². The highest BCUT2D eigenvalue weighted by molar-refractivity contribution is 7.37. The number of nitrogens with two attached hydrogens (primary N) is 1. The van der Waals surface area contributed by atoms with E-state index in [-0.39, 0.29) is 22.7 Å². The average molecular weight is 591 g/mol. The van der Waals surface area contributed by atoms with Gasteiger partial charge in [-0.15, -0.1) is 11.3 Å². The Hall–Kier alpha value is -3.71. The van der Waals surface area contributed by atoms with Crippen LogP contribution in [0.2, 0.25) is 0 Å². The number of rotatable bonds is 6. The van der Waals surface area contributed by atoms with E-state index in [1.807, 2.05) is 55.6 Å². The summed E-state index contributed by atoms with van der Waals surface area (Å²) in [6, 6.07) is 15.8. The van der Waals surface area contributed by atoms with Crippen LogP contribution in [-0.4, -0.2) is 29.7 Å². The lowest BCUT2D eigenvalue weighted by atomic mass is 9.97. The molecule has 0 fully saturated rings. The van der Waals surface area contributed by atoms with Gasteiger partial charge >= 0.3 is 0 Å². The maximum Gasteiger partial charge on any atom is 0.264 e. The summed E-state index contributed by atoms with van der Waals surface area (Å²) in [4.78, 5) is 23.4. The fourth-order valence-electron chi connectivity index (χ4n) is 4.94. The Labute approximate surface area is 237 Å². The van der Waals surface area contributed by atoms with Crippen LogP contribution in [0.25, 0.3) is 38.2 Å². The normalized spacial score (nSPS) is 12.4. The molecular formula is C28H25FN6O2P2S. The van der Waals surface area contributed by atoms with Crippen molar-refractivity contribution in [2.45, 2.75) is 25.5 Å². The summed E-state index contributed by atoms with van der Waals surface area (Å²) in [5.74, 6) is -0.189. The van der Waals surface area contributed by atoms with Crippen LogP contribution in [0.3, 0.4) is 0 Å². The van der Waals surface area contributed by atoms with Gasteiger partial charge in [-0.2, -0.15) is 5.10 Å². The third kappa shape index (κ3) is 4.46. The molecule has 0 saturated carbocycles. The summed E-state index contributed by atoms with van der Waals surface area (Å²) in [5, 5.41) is 7.36. The zero-order chi connectivity index (χ0) is 28.1. The first kappa shape index (κ1) is 26.5. The molecule has 3 atom stereocenters. The molecule has 4 aromatic heterocycles. The lowest BCUT2D eigenvalue weighted by Crippen LogP contribution is -2.21. The molecule has 0 saturated heterocycles. The molecule has 8 nitrogen and oxygen atoms in total. The molecule has 0 spiro atoms. The molecule has 0 aliphatic carbocycles. The number of ether oxygens (including phenoxy) is 1. The molecule has 2 unspecified atom stereocenters. The van der Waals surface area contributed by atoms with Crippen LogP contribution in [0.15, 0.2) is 71.1 Å². The molecule has 0 aliphatic rings. The van der Waals surface area contributed by atoms with Gasteiger partial charge < -0.3 is 10.5 Å². The van der Waals surface area contributed by atoms with Crippen LogP contribution >= 0.6 is 29.8 Å². The number of hydrogen-bond acceptors (Lipinski definition) is 7. The molecule has 0 bridgehead atoms. The lowest BCUT2D eigenvalue weighted by molar-refractivity contribution is 0.343. The second kappa shape index (κ2) is 10.4. The minimum Gasteiger partial charge on any atom is -0.480 e. The first-order valence-corrected chi connectivity index (χ1v) is 14.6. The van der Waals surface area contributed by atoms with E-state index in [2.05, 4.69) is 28.4 Å². The van der Waals surface area contributed by atoms with Crippen molar-refractivity contribution in [2.75, 3.05) is 5.73 Å². The molecule has 4 heterocycles. The molecule has 2 N–H and O–H groups in total. The lowest BCUT2D eigenvalue weighted by Gasteiger charge is -2.18. The molecule has 0 aliphatic heterocycles. The van der Waals surface area contributed by atoms with Gasteiger partial charge in [0.05, 0.1) is 17.0 Å². The highest BCUT2D eigenvalue weighted by Crippen LogP contribution is 2.37. The van der Waals surface area contributed by atoms with E-state index in [1.54, 1.807) is 21.2 Å². The number of pyridine rings is 1. The smallest absolute Gasteiger partial charge is 0.264 e. The summed E-state index contributed by atoms with van der Waals surface area (Å²) in [5.41, 5.74) is 10.3. The maximum absolute atomic E-state index is 15.0. The van der Waals surface area contributed by atoms with Gasteiger partial charge in [-0.3, -0.25) is 9.20 Å². The van der Waals surface area contributed by atoms with Gasteiger partial charge in [-0.1, -0.05) is 48.8 Å². The van der Waals surface area contributed by atoms with Crippen LogP contribution in [0, 0.1) is 12.7 Å². The maximum atomic E-state index is 15.0. The molecule has 6 aromatic rings. The standard InChI is InChI=1S/C28H25FN6O2P2S/c1-14-12-40-21-11-18(22(27(36)34(14)21)16-6-4-3-5-7-16)15(2)35-26-23(25(30)31-13-32-26)24(33-35)17-8-9-20(19(29)10-17)37-28(38)39/h3-13,15,28H,38-39H2,1-2H3,(H2,30,31,32)/t15-/m0/s1. The Kier molecular flexibility index (Phi) is 6.87. The van der Waals surface area contributed by atoms with Gasteiger partial charge in [-0.25, -0.2) is 19.0 Å². The van der Waals surface area contributed by atoms with Crippen molar-refractivity contribution in [3.63, 3.8) is 0 Å². The number of nitrogens with zero attached hydrogens (tertiary/aromatic N) is 5. The topological polar surface area (TPSA) is 100 Å². The number of aryl methyl sites for hydroxylation is 1. The Morgan fingerprint density at radius 2 is 1.85 bits per heavy atom. The van der Waals surface area contributed by atoms with Crippen molar-refractivity contribution < 1.29 is 9.13 Å². The predicted octanol–water partition coefficient (Wildman–Crippen LogP) is 5.89. The second-order valence-electron chi connectivity index (χ2n) is 9.35. The Balaban J connectivity index is 1.58. The fraction of sp³-hybridized carbons (Fsp3) is 0.143. The van der Waals surface area contributed by atoms with Crippen LogP contribution in [0.1, 0.15) is 24.2 Å². The Morgan fingerprint density at radius 1 is 1.07 bits per heavy atom. The summed E-state index contributed by atoms with van der Waals surface area (Å²) < 4.78 is 23.9. The molecule has 202 valence electrons. The van der Waals surface area contributed by atoms with Crippen LogP contribution in [0.5, 0.6) is 5.75 Å². The first-order chi connectivity index (χ1) is 19.2. The third-order valence-corrected chi connectivity index (χ3v) is 8.05. The number of fused-ring (bicyclic) bond motifs is 2. The molecule has 6 rings (SSSR count). The average Bonchev–Trinajstić information content (AvgIpc) is 3.51. The van der Waals surface area contributed by atoms with Crippen molar-refractivity contribution >= 4 is 51.5 Å². The molecular weight excluding hydrogens is 565 g/mol. The SMILES string of the molecule is Cc1csc2cc([C@H](C)n3nc(-c4ccc(OC(P)P)c(F)c4)c4c(N)ncnc43)c(-c3ccccc3)c(=O)n12. The van der Waals surface area contributed by atoms with Crippen LogP contribution in [-0.2, 0) is 0 Å². The van der Waals surface area contributed by atoms with Gasteiger partial charge in [-0.05, 0) is 49.2 Å². The molecule has 12 heteroatoms. The van der Waals surface area contributed by atoms with E-state index in [0.29, 0.717) is 27.9 Å². The Morgan fingerprint density at radius 3 is 2.58 bits per heavy atom. The van der Waals surface area contributed by atoms with E-state index in [9.17, 15) is 9.18 Å². The largest absolute Gasteiger partial charge is 0.480 e. The van der Waals surface area contributed by atoms with Gasteiger partial charge in [0.15, 0.2) is 17.2 Å². The summed E-state index contributed by atoms with van der Waals surface area (Å²) in [6.07, 6.45) is 1.38. The van der Waals surface area contributed by atoms with E-state index >= 15 is 0 Å². The molecule has 0 radical (unpaired) electrons.